The Hall–Kier alpha value is -0.250. The Morgan fingerprint density at radius 1 is 1.33 bits per heavy atom. The van der Waals surface area contributed by atoms with Crippen LogP contribution in [0.1, 0.15) is 46.5 Å². The van der Waals surface area contributed by atoms with Crippen molar-refractivity contribution in [3.63, 3.8) is 0 Å². The first-order valence-electron chi connectivity index (χ1n) is 7.92. The third-order valence-electron chi connectivity index (χ3n) is 4.90. The van der Waals surface area contributed by atoms with Gasteiger partial charge in [0.2, 0.25) is 0 Å². The molecule has 2 nitrogen and oxygen atoms in total. The summed E-state index contributed by atoms with van der Waals surface area (Å²) in [5.41, 5.74) is 0.223. The van der Waals surface area contributed by atoms with E-state index < -0.39 is 0 Å². The van der Waals surface area contributed by atoms with Crippen LogP contribution in [0, 0.1) is 5.41 Å². The molecule has 1 aromatic rings. The van der Waals surface area contributed by atoms with E-state index in [1.54, 1.807) is 0 Å². The number of nitrogens with one attached hydrogen (secondary N) is 1. The standard InChI is InChI=1S/C17H25BrClNO/c1-4-9-20-15-11-16(17(15,5-2)6-3)21-14-10-12(18)7-8-13(14)19/h7-8,10,15-16,20H,4-6,9,11H2,1-3H3. The number of halogens is 2. The van der Waals surface area contributed by atoms with Crippen molar-refractivity contribution in [1.82, 2.24) is 5.32 Å². The van der Waals surface area contributed by atoms with E-state index in [4.69, 9.17) is 16.3 Å². The minimum Gasteiger partial charge on any atom is -0.488 e. The van der Waals surface area contributed by atoms with Gasteiger partial charge in [0.05, 0.1) is 5.02 Å². The van der Waals surface area contributed by atoms with Crippen molar-refractivity contribution in [1.29, 1.82) is 0 Å². The van der Waals surface area contributed by atoms with Gasteiger partial charge in [0, 0.05) is 22.4 Å². The summed E-state index contributed by atoms with van der Waals surface area (Å²) >= 11 is 9.74. The topological polar surface area (TPSA) is 21.3 Å². The van der Waals surface area contributed by atoms with E-state index in [-0.39, 0.29) is 11.5 Å². The Balaban J connectivity index is 2.11. The molecule has 1 N–H and O–H groups in total. The van der Waals surface area contributed by atoms with Crippen LogP contribution in [0.15, 0.2) is 22.7 Å². The van der Waals surface area contributed by atoms with Crippen LogP contribution in [0.2, 0.25) is 5.02 Å². The molecule has 0 amide bonds. The Labute approximate surface area is 141 Å². The maximum absolute atomic E-state index is 6.27. The molecule has 1 aliphatic carbocycles. The highest BCUT2D eigenvalue weighted by Gasteiger charge is 2.54. The Morgan fingerprint density at radius 2 is 2.05 bits per heavy atom. The molecule has 0 heterocycles. The lowest BCUT2D eigenvalue weighted by Gasteiger charge is -2.55. The molecule has 4 heteroatoms. The van der Waals surface area contributed by atoms with Gasteiger partial charge in [-0.05, 0) is 44.0 Å². The zero-order chi connectivity index (χ0) is 15.5. The maximum Gasteiger partial charge on any atom is 0.139 e. The van der Waals surface area contributed by atoms with Gasteiger partial charge >= 0.3 is 0 Å². The molecule has 1 aromatic carbocycles. The molecule has 2 atom stereocenters. The summed E-state index contributed by atoms with van der Waals surface area (Å²) < 4.78 is 7.27. The average molecular weight is 375 g/mol. The van der Waals surface area contributed by atoms with Crippen molar-refractivity contribution in [2.24, 2.45) is 5.41 Å². The molecule has 0 saturated heterocycles. The van der Waals surface area contributed by atoms with E-state index in [2.05, 4.69) is 42.0 Å². The monoisotopic (exact) mass is 373 g/mol. The summed E-state index contributed by atoms with van der Waals surface area (Å²) in [4.78, 5) is 0. The fourth-order valence-corrected chi connectivity index (χ4v) is 3.94. The van der Waals surface area contributed by atoms with Crippen LogP contribution >= 0.6 is 27.5 Å². The molecular formula is C17H25BrClNO. The predicted molar refractivity (Wildman–Crippen MR) is 93.3 cm³/mol. The second-order valence-electron chi connectivity index (χ2n) is 5.86. The van der Waals surface area contributed by atoms with Crippen molar-refractivity contribution in [3.8, 4) is 5.75 Å². The maximum atomic E-state index is 6.27. The SMILES string of the molecule is CCCNC1CC(Oc2cc(Br)ccc2Cl)C1(CC)CC. The lowest BCUT2D eigenvalue weighted by molar-refractivity contribution is -0.0858. The molecule has 21 heavy (non-hydrogen) atoms. The zero-order valence-electron chi connectivity index (χ0n) is 13.1. The smallest absolute Gasteiger partial charge is 0.139 e. The molecule has 1 saturated carbocycles. The minimum atomic E-state index is 0.223. The number of hydrogen-bond donors (Lipinski definition) is 1. The molecule has 1 aliphatic rings. The van der Waals surface area contributed by atoms with Crippen LogP contribution in [0.3, 0.4) is 0 Å². The second kappa shape index (κ2) is 7.34. The molecule has 0 spiro atoms. The van der Waals surface area contributed by atoms with Crippen LogP contribution in [0.5, 0.6) is 5.75 Å². The lowest BCUT2D eigenvalue weighted by atomic mass is 9.58. The van der Waals surface area contributed by atoms with Gasteiger partial charge in [0.25, 0.3) is 0 Å². The summed E-state index contributed by atoms with van der Waals surface area (Å²) in [5, 5.41) is 4.37. The van der Waals surface area contributed by atoms with Crippen LogP contribution < -0.4 is 10.1 Å². The van der Waals surface area contributed by atoms with E-state index in [9.17, 15) is 0 Å². The fourth-order valence-electron chi connectivity index (χ4n) is 3.44. The molecule has 2 unspecified atom stereocenters. The Kier molecular flexibility index (Phi) is 5.98. The van der Waals surface area contributed by atoms with Gasteiger partial charge in [0.15, 0.2) is 0 Å². The van der Waals surface area contributed by atoms with Crippen molar-refractivity contribution in [3.05, 3.63) is 27.7 Å². The summed E-state index contributed by atoms with van der Waals surface area (Å²) in [6.45, 7) is 7.82. The first-order chi connectivity index (χ1) is 10.1. The van der Waals surface area contributed by atoms with Gasteiger partial charge in [-0.3, -0.25) is 0 Å². The van der Waals surface area contributed by atoms with Gasteiger partial charge in [-0.25, -0.2) is 0 Å². The van der Waals surface area contributed by atoms with Gasteiger partial charge in [-0.2, -0.15) is 0 Å². The third kappa shape index (κ3) is 3.40. The van der Waals surface area contributed by atoms with E-state index in [0.717, 1.165) is 36.0 Å². The number of ether oxygens (including phenoxy) is 1. The van der Waals surface area contributed by atoms with Crippen molar-refractivity contribution in [2.75, 3.05) is 6.54 Å². The van der Waals surface area contributed by atoms with Crippen LogP contribution in [0.4, 0.5) is 0 Å². The molecule has 0 radical (unpaired) electrons. The predicted octanol–water partition coefficient (Wildman–Crippen LogP) is 5.43. The Morgan fingerprint density at radius 3 is 2.67 bits per heavy atom. The molecule has 0 aliphatic heterocycles. The van der Waals surface area contributed by atoms with Crippen molar-refractivity contribution >= 4 is 27.5 Å². The van der Waals surface area contributed by atoms with Crippen LogP contribution in [0.25, 0.3) is 0 Å². The van der Waals surface area contributed by atoms with Gasteiger partial charge in [-0.1, -0.05) is 48.3 Å². The molecule has 0 aromatic heterocycles. The summed E-state index contributed by atoms with van der Waals surface area (Å²) in [6.07, 6.45) is 4.73. The quantitative estimate of drug-likeness (QED) is 0.687. The van der Waals surface area contributed by atoms with Crippen LogP contribution in [-0.4, -0.2) is 18.7 Å². The first kappa shape index (κ1) is 17.1. The third-order valence-corrected chi connectivity index (χ3v) is 5.71. The average Bonchev–Trinajstić information content (AvgIpc) is 2.47. The summed E-state index contributed by atoms with van der Waals surface area (Å²) in [7, 11) is 0. The highest BCUT2D eigenvalue weighted by molar-refractivity contribution is 9.10. The van der Waals surface area contributed by atoms with Gasteiger partial charge in [0.1, 0.15) is 11.9 Å². The number of benzene rings is 1. The van der Waals surface area contributed by atoms with E-state index in [1.165, 1.54) is 6.42 Å². The molecule has 2 rings (SSSR count). The second-order valence-corrected chi connectivity index (χ2v) is 7.19. The van der Waals surface area contributed by atoms with Crippen LogP contribution in [-0.2, 0) is 0 Å². The fraction of sp³-hybridized carbons (Fsp3) is 0.647. The van der Waals surface area contributed by atoms with E-state index in [1.807, 2.05) is 18.2 Å². The Bertz CT molecular complexity index is 476. The van der Waals surface area contributed by atoms with E-state index >= 15 is 0 Å². The largest absolute Gasteiger partial charge is 0.488 e. The highest BCUT2D eigenvalue weighted by Crippen LogP contribution is 2.49. The van der Waals surface area contributed by atoms with Crippen molar-refractivity contribution in [2.45, 2.75) is 58.6 Å². The normalized spacial score (nSPS) is 23.7. The summed E-state index contributed by atoms with van der Waals surface area (Å²) in [5.74, 6) is 0.788. The minimum absolute atomic E-state index is 0.223. The van der Waals surface area contributed by atoms with E-state index in [0.29, 0.717) is 11.1 Å². The molecule has 118 valence electrons. The molecule has 0 bridgehead atoms. The first-order valence-corrected chi connectivity index (χ1v) is 9.09. The molecular weight excluding hydrogens is 350 g/mol. The van der Waals surface area contributed by atoms with Crippen molar-refractivity contribution < 1.29 is 4.74 Å². The summed E-state index contributed by atoms with van der Waals surface area (Å²) in [6, 6.07) is 6.34. The number of hydrogen-bond acceptors (Lipinski definition) is 2. The lowest BCUT2D eigenvalue weighted by Crippen LogP contribution is -2.64. The highest BCUT2D eigenvalue weighted by atomic mass is 79.9. The number of rotatable bonds is 7. The zero-order valence-corrected chi connectivity index (χ0v) is 15.4. The van der Waals surface area contributed by atoms with Gasteiger partial charge in [-0.15, -0.1) is 0 Å². The van der Waals surface area contributed by atoms with Gasteiger partial charge < -0.3 is 10.1 Å². The molecule has 1 fully saturated rings.